The second-order valence-electron chi connectivity index (χ2n) is 6.23. The van der Waals surface area contributed by atoms with E-state index in [1.54, 1.807) is 6.20 Å². The van der Waals surface area contributed by atoms with Gasteiger partial charge in [0.2, 0.25) is 0 Å². The fourth-order valence-corrected chi connectivity index (χ4v) is 3.22. The predicted molar refractivity (Wildman–Crippen MR) is 90.3 cm³/mol. The van der Waals surface area contributed by atoms with Crippen LogP contribution in [0.2, 0.25) is 0 Å². The van der Waals surface area contributed by atoms with Crippen molar-refractivity contribution in [1.29, 1.82) is 0 Å². The van der Waals surface area contributed by atoms with E-state index in [-0.39, 0.29) is 5.91 Å². The second kappa shape index (κ2) is 7.42. The van der Waals surface area contributed by atoms with Crippen molar-refractivity contribution in [3.8, 4) is 0 Å². The van der Waals surface area contributed by atoms with Crippen LogP contribution in [0.3, 0.4) is 0 Å². The van der Waals surface area contributed by atoms with Gasteiger partial charge in [0.25, 0.3) is 5.91 Å². The minimum absolute atomic E-state index is 0.102. The zero-order chi connectivity index (χ0) is 16.1. The van der Waals surface area contributed by atoms with Crippen LogP contribution in [0.25, 0.3) is 0 Å². The number of amides is 1. The third-order valence-corrected chi connectivity index (χ3v) is 4.37. The Morgan fingerprint density at radius 1 is 1.35 bits per heavy atom. The lowest BCUT2D eigenvalue weighted by Gasteiger charge is -2.32. The molecule has 1 aliphatic rings. The Balaban J connectivity index is 1.64. The highest BCUT2D eigenvalue weighted by Crippen LogP contribution is 2.18. The molecule has 23 heavy (non-hydrogen) atoms. The number of carbonyl (C=O) groups excluding carboxylic acids is 1. The molecule has 122 valence electrons. The van der Waals surface area contributed by atoms with Gasteiger partial charge in [-0.15, -0.1) is 0 Å². The molecule has 3 rings (SSSR count). The highest BCUT2D eigenvalue weighted by atomic mass is 16.2. The summed E-state index contributed by atoms with van der Waals surface area (Å²) in [4.78, 5) is 14.6. The molecule has 2 heterocycles. The standard InChI is InChI=1S/C18H24N4O/c1-19-10-16-8-5-9-21(12-16)18(23)17-11-20-22(14-17)13-15-6-3-2-4-7-15/h2-4,6-7,11,14,16,19H,5,8-10,12-13H2,1H3. The molecule has 1 amide bonds. The first kappa shape index (κ1) is 15.7. The number of hydrogen-bond donors (Lipinski definition) is 1. The van der Waals surface area contributed by atoms with Crippen LogP contribution in [0.1, 0.15) is 28.8 Å². The van der Waals surface area contributed by atoms with E-state index in [1.807, 2.05) is 41.0 Å². The van der Waals surface area contributed by atoms with Crippen molar-refractivity contribution in [2.45, 2.75) is 19.4 Å². The Kier molecular flexibility index (Phi) is 5.08. The van der Waals surface area contributed by atoms with E-state index in [9.17, 15) is 4.79 Å². The largest absolute Gasteiger partial charge is 0.338 e. The predicted octanol–water partition coefficient (Wildman–Crippen LogP) is 2.00. The number of likely N-dealkylation sites (tertiary alicyclic amines) is 1. The highest BCUT2D eigenvalue weighted by Gasteiger charge is 2.24. The Labute approximate surface area is 137 Å². The summed E-state index contributed by atoms with van der Waals surface area (Å²) in [6.07, 6.45) is 5.82. The van der Waals surface area contributed by atoms with Gasteiger partial charge in [-0.1, -0.05) is 30.3 Å². The zero-order valence-electron chi connectivity index (χ0n) is 13.6. The van der Waals surface area contributed by atoms with Gasteiger partial charge in [0.05, 0.1) is 18.3 Å². The maximum Gasteiger partial charge on any atom is 0.257 e. The number of nitrogens with zero attached hydrogens (tertiary/aromatic N) is 3. The van der Waals surface area contributed by atoms with Gasteiger partial charge in [-0.25, -0.2) is 0 Å². The lowest BCUT2D eigenvalue weighted by molar-refractivity contribution is 0.0674. The minimum Gasteiger partial charge on any atom is -0.338 e. The van der Waals surface area contributed by atoms with Crippen molar-refractivity contribution in [2.24, 2.45) is 5.92 Å². The van der Waals surface area contributed by atoms with Crippen LogP contribution in [0.5, 0.6) is 0 Å². The second-order valence-corrected chi connectivity index (χ2v) is 6.23. The average molecular weight is 312 g/mol. The molecule has 1 aromatic heterocycles. The molecule has 1 aromatic carbocycles. The van der Waals surface area contributed by atoms with Gasteiger partial charge in [0, 0.05) is 19.3 Å². The number of rotatable bonds is 5. The number of benzene rings is 1. The molecule has 1 atom stereocenters. The lowest BCUT2D eigenvalue weighted by Crippen LogP contribution is -2.42. The van der Waals surface area contributed by atoms with Crippen LogP contribution in [-0.4, -0.2) is 47.3 Å². The molecule has 0 saturated carbocycles. The molecule has 0 aliphatic carbocycles. The molecule has 5 nitrogen and oxygen atoms in total. The molecule has 1 N–H and O–H groups in total. The summed E-state index contributed by atoms with van der Waals surface area (Å²) in [5, 5.41) is 7.55. The molecule has 0 radical (unpaired) electrons. The maximum absolute atomic E-state index is 12.7. The topological polar surface area (TPSA) is 50.2 Å². The molecule has 0 bridgehead atoms. The fraction of sp³-hybridized carbons (Fsp3) is 0.444. The van der Waals surface area contributed by atoms with E-state index in [0.29, 0.717) is 18.0 Å². The summed E-state index contributed by atoms with van der Waals surface area (Å²) < 4.78 is 1.83. The number of carbonyl (C=O) groups is 1. The van der Waals surface area contributed by atoms with Gasteiger partial charge < -0.3 is 10.2 Å². The summed E-state index contributed by atoms with van der Waals surface area (Å²) in [7, 11) is 1.97. The van der Waals surface area contributed by atoms with E-state index in [4.69, 9.17) is 0 Å². The van der Waals surface area contributed by atoms with Crippen LogP contribution in [0.15, 0.2) is 42.7 Å². The van der Waals surface area contributed by atoms with Gasteiger partial charge in [-0.2, -0.15) is 5.10 Å². The average Bonchev–Trinajstić information content (AvgIpc) is 3.04. The van der Waals surface area contributed by atoms with E-state index in [1.165, 1.54) is 12.0 Å². The molecule has 1 saturated heterocycles. The van der Waals surface area contributed by atoms with Crippen LogP contribution < -0.4 is 5.32 Å². The summed E-state index contributed by atoms with van der Waals surface area (Å²) in [6.45, 7) is 3.35. The van der Waals surface area contributed by atoms with E-state index < -0.39 is 0 Å². The Hall–Kier alpha value is -2.14. The van der Waals surface area contributed by atoms with Gasteiger partial charge in [-0.05, 0) is 37.9 Å². The summed E-state index contributed by atoms with van der Waals surface area (Å²) in [5.41, 5.74) is 1.87. The van der Waals surface area contributed by atoms with Crippen LogP contribution in [-0.2, 0) is 6.54 Å². The van der Waals surface area contributed by atoms with E-state index >= 15 is 0 Å². The minimum atomic E-state index is 0.102. The van der Waals surface area contributed by atoms with Crippen LogP contribution in [0.4, 0.5) is 0 Å². The molecule has 1 unspecified atom stereocenters. The number of nitrogens with one attached hydrogen (secondary N) is 1. The smallest absolute Gasteiger partial charge is 0.257 e. The van der Waals surface area contributed by atoms with E-state index in [0.717, 1.165) is 26.1 Å². The van der Waals surface area contributed by atoms with E-state index in [2.05, 4.69) is 22.5 Å². The molecule has 1 aliphatic heterocycles. The van der Waals surface area contributed by atoms with Crippen molar-refractivity contribution in [2.75, 3.05) is 26.7 Å². The molecule has 1 fully saturated rings. The van der Waals surface area contributed by atoms with Crippen molar-refractivity contribution < 1.29 is 4.79 Å². The summed E-state index contributed by atoms with van der Waals surface area (Å²) in [5.74, 6) is 0.655. The van der Waals surface area contributed by atoms with Crippen molar-refractivity contribution in [3.05, 3.63) is 53.9 Å². The molecular formula is C18H24N4O. The molecule has 0 spiro atoms. The first-order valence-corrected chi connectivity index (χ1v) is 8.26. The van der Waals surface area contributed by atoms with Crippen molar-refractivity contribution in [3.63, 3.8) is 0 Å². The third-order valence-electron chi connectivity index (χ3n) is 4.37. The zero-order valence-corrected chi connectivity index (χ0v) is 13.6. The number of piperidine rings is 1. The Morgan fingerprint density at radius 3 is 2.96 bits per heavy atom. The maximum atomic E-state index is 12.7. The number of hydrogen-bond acceptors (Lipinski definition) is 3. The quantitative estimate of drug-likeness (QED) is 0.919. The van der Waals surface area contributed by atoms with Gasteiger partial charge >= 0.3 is 0 Å². The van der Waals surface area contributed by atoms with Crippen molar-refractivity contribution in [1.82, 2.24) is 20.0 Å². The molecular weight excluding hydrogens is 288 g/mol. The molecule has 5 heteroatoms. The SMILES string of the molecule is CNCC1CCCN(C(=O)c2cnn(Cc3ccccc3)c2)C1. The first-order chi connectivity index (χ1) is 11.3. The Bertz CT molecular complexity index is 635. The Morgan fingerprint density at radius 2 is 2.17 bits per heavy atom. The van der Waals surface area contributed by atoms with Gasteiger partial charge in [0.15, 0.2) is 0 Å². The molecule has 2 aromatic rings. The third kappa shape index (κ3) is 3.99. The highest BCUT2D eigenvalue weighted by molar-refractivity contribution is 5.93. The fourth-order valence-electron chi connectivity index (χ4n) is 3.22. The normalized spacial score (nSPS) is 18.1. The van der Waals surface area contributed by atoms with Gasteiger partial charge in [-0.3, -0.25) is 9.48 Å². The summed E-state index contributed by atoms with van der Waals surface area (Å²) in [6, 6.07) is 10.2. The van der Waals surface area contributed by atoms with Crippen molar-refractivity contribution >= 4 is 5.91 Å². The van der Waals surface area contributed by atoms with Crippen LogP contribution in [0, 0.1) is 5.92 Å². The first-order valence-electron chi connectivity index (χ1n) is 8.26. The monoisotopic (exact) mass is 312 g/mol. The lowest BCUT2D eigenvalue weighted by atomic mass is 9.97. The van der Waals surface area contributed by atoms with Gasteiger partial charge in [0.1, 0.15) is 0 Å². The number of aromatic nitrogens is 2. The summed E-state index contributed by atoms with van der Waals surface area (Å²) >= 11 is 0. The van der Waals surface area contributed by atoms with Crippen LogP contribution >= 0.6 is 0 Å².